The van der Waals surface area contributed by atoms with E-state index in [4.69, 9.17) is 40.4 Å². The van der Waals surface area contributed by atoms with Crippen LogP contribution >= 0.6 is 47.7 Å². The summed E-state index contributed by atoms with van der Waals surface area (Å²) in [5.74, 6) is 0. The Labute approximate surface area is 188 Å². The molecule has 0 fully saturated rings. The van der Waals surface area contributed by atoms with Gasteiger partial charge in [0.05, 0.1) is 6.66 Å². The third-order valence-electron chi connectivity index (χ3n) is 4.65. The molecule has 0 N–H and O–H groups in total. The van der Waals surface area contributed by atoms with Crippen molar-refractivity contribution >= 4 is 63.6 Å². The molecule has 0 aliphatic rings. The van der Waals surface area contributed by atoms with Crippen molar-refractivity contribution in [2.24, 2.45) is 0 Å². The summed E-state index contributed by atoms with van der Waals surface area (Å²) in [5, 5.41) is 4.32. The molecule has 0 spiro atoms. The molecular weight excluding hydrogens is 493 g/mol. The van der Waals surface area contributed by atoms with Crippen LogP contribution in [-0.4, -0.2) is 6.66 Å². The van der Waals surface area contributed by atoms with Crippen LogP contribution in [0.4, 0.5) is 0 Å². The van der Waals surface area contributed by atoms with Crippen LogP contribution in [0.1, 0.15) is 16.7 Å². The van der Waals surface area contributed by atoms with E-state index in [0.717, 1.165) is 0 Å². The van der Waals surface area contributed by atoms with Gasteiger partial charge in [-0.2, -0.15) is 0 Å². The molecule has 0 atom stereocenters. The van der Waals surface area contributed by atoms with Crippen molar-refractivity contribution < 1.29 is 9.20 Å². The van der Waals surface area contributed by atoms with Gasteiger partial charge in [-0.15, -0.1) is 0 Å². The van der Waals surface area contributed by atoms with E-state index in [0.29, 0.717) is 0 Å². The minimum atomic E-state index is -2.61. The van der Waals surface area contributed by atoms with Crippen LogP contribution in [0.25, 0.3) is 0 Å². The second-order valence-corrected chi connectivity index (χ2v) is 21.3. The summed E-state index contributed by atoms with van der Waals surface area (Å²) in [6, 6.07) is 27.2. The van der Waals surface area contributed by atoms with Crippen LogP contribution in [0.5, 0.6) is 0 Å². The Balaban J connectivity index is 0.000000500. The van der Waals surface area contributed by atoms with Gasteiger partial charge in [0.2, 0.25) is 0 Å². The molecule has 0 radical (unpaired) electrons. The molecule has 0 aromatic heterocycles. The van der Waals surface area contributed by atoms with Crippen LogP contribution in [0.15, 0.2) is 72.8 Å². The third kappa shape index (κ3) is 6.93. The normalized spacial score (nSPS) is 12.1. The summed E-state index contributed by atoms with van der Waals surface area (Å²) in [7, 11) is 15.6. The molecule has 0 bridgehead atoms. The van der Waals surface area contributed by atoms with Crippen molar-refractivity contribution in [3.63, 3.8) is 0 Å². The molecular formula is C22H24Cl4FeP. The number of aryl methyl sites for hydroxylation is 3. The average Bonchev–Trinajstić information content (AvgIpc) is 2.61. The van der Waals surface area contributed by atoms with E-state index >= 15 is 0 Å². The molecule has 28 heavy (non-hydrogen) atoms. The topological polar surface area (TPSA) is 0 Å². The van der Waals surface area contributed by atoms with Gasteiger partial charge in [-0.1, -0.05) is 53.1 Å². The summed E-state index contributed by atoms with van der Waals surface area (Å²) >= 11 is 0. The molecule has 6 heteroatoms. The molecule has 3 aromatic rings. The number of rotatable bonds is 3. The second kappa shape index (κ2) is 10.2. The fourth-order valence-corrected chi connectivity index (χ4v) is 6.11. The summed E-state index contributed by atoms with van der Waals surface area (Å²) in [5.41, 5.74) is 3.94. The van der Waals surface area contributed by atoms with Crippen LogP contribution in [0.3, 0.4) is 0 Å². The summed E-state index contributed by atoms with van der Waals surface area (Å²) < 4.78 is 0. The maximum absolute atomic E-state index is 4.95. The van der Waals surface area contributed by atoms with Gasteiger partial charge < -0.3 is 0 Å². The first-order valence-electron chi connectivity index (χ1n) is 8.62. The van der Waals surface area contributed by atoms with Crippen molar-refractivity contribution in [3.05, 3.63) is 89.5 Å². The van der Waals surface area contributed by atoms with Gasteiger partial charge >= 0.3 is 49.6 Å². The fourth-order valence-electron chi connectivity index (χ4n) is 2.98. The molecule has 0 nitrogen and oxygen atoms in total. The zero-order chi connectivity index (χ0) is 20.9. The van der Waals surface area contributed by atoms with E-state index < -0.39 is 16.5 Å². The predicted octanol–water partition coefficient (Wildman–Crippen LogP) is 7.29. The molecule has 0 saturated carbocycles. The summed E-state index contributed by atoms with van der Waals surface area (Å²) in [6.45, 7) is 8.89. The second-order valence-electron chi connectivity index (χ2n) is 6.82. The number of halogens is 4. The standard InChI is InChI=1S/C22H24P.4ClH.Fe/c1-17-5-11-20(12-6-17)23(4,21-13-7-18(2)8-14-21)22-15-9-19(3)10-16-22;;;;;/h5-16H,1-4H3;4*1H;/q+1;;;;;+3/p-4. The van der Waals surface area contributed by atoms with E-state index in [2.05, 4.69) is 100 Å². The first-order chi connectivity index (χ1) is 13.0. The Kier molecular flexibility index (Phi) is 8.75. The number of benzene rings is 3. The van der Waals surface area contributed by atoms with E-state index in [-0.39, 0.29) is 0 Å². The fraction of sp³-hybridized carbons (Fsp3) is 0.182. The maximum atomic E-state index is 4.95. The van der Waals surface area contributed by atoms with Crippen molar-refractivity contribution in [3.8, 4) is 0 Å². The van der Waals surface area contributed by atoms with Gasteiger partial charge in [0.15, 0.2) is 0 Å². The predicted molar refractivity (Wildman–Crippen MR) is 129 cm³/mol. The average molecular weight is 517 g/mol. The van der Waals surface area contributed by atoms with E-state index in [1.54, 1.807) is 0 Å². The molecule has 3 aromatic carbocycles. The molecule has 3 rings (SSSR count). The monoisotopic (exact) mass is 515 g/mol. The van der Waals surface area contributed by atoms with Gasteiger partial charge in [-0.3, -0.25) is 0 Å². The van der Waals surface area contributed by atoms with Crippen LogP contribution in [0, 0.1) is 20.8 Å². The zero-order valence-electron chi connectivity index (χ0n) is 16.2. The van der Waals surface area contributed by atoms with Crippen LogP contribution in [0.2, 0.25) is 0 Å². The van der Waals surface area contributed by atoms with Gasteiger partial charge in [0.25, 0.3) is 0 Å². The molecule has 0 aliphatic carbocycles. The van der Waals surface area contributed by atoms with E-state index in [1.165, 1.54) is 32.6 Å². The first-order valence-corrected chi connectivity index (χ1v) is 16.9. The number of hydrogen-bond acceptors (Lipinski definition) is 0. The first kappa shape index (κ1) is 24.0. The summed E-state index contributed by atoms with van der Waals surface area (Å²) in [6.07, 6.45) is 0. The molecule has 0 amide bonds. The molecule has 0 saturated heterocycles. The Morgan fingerprint density at radius 1 is 0.500 bits per heavy atom. The molecule has 0 unspecified atom stereocenters. The van der Waals surface area contributed by atoms with E-state index in [1.807, 2.05) is 0 Å². The Morgan fingerprint density at radius 2 is 0.679 bits per heavy atom. The van der Waals surface area contributed by atoms with Gasteiger partial charge in [-0.25, -0.2) is 0 Å². The number of hydrogen-bond donors (Lipinski definition) is 0. The van der Waals surface area contributed by atoms with Gasteiger partial charge in [0, 0.05) is 0 Å². The van der Waals surface area contributed by atoms with Gasteiger partial charge in [0.1, 0.15) is 23.2 Å². The van der Waals surface area contributed by atoms with Crippen molar-refractivity contribution in [1.82, 2.24) is 0 Å². The van der Waals surface area contributed by atoms with E-state index in [9.17, 15) is 0 Å². The van der Waals surface area contributed by atoms with Crippen molar-refractivity contribution in [2.45, 2.75) is 20.8 Å². The quantitative estimate of drug-likeness (QED) is 0.253. The van der Waals surface area contributed by atoms with Crippen LogP contribution in [-0.2, 0) is 9.20 Å². The Hall–Kier alpha value is -0.231. The zero-order valence-corrected chi connectivity index (χ0v) is 21.3. The minimum absolute atomic E-state index is 1.31. The van der Waals surface area contributed by atoms with Gasteiger partial charge in [-0.05, 0) is 57.2 Å². The Bertz CT molecular complexity index is 769. The molecule has 153 valence electrons. The molecule has 0 heterocycles. The van der Waals surface area contributed by atoms with Crippen molar-refractivity contribution in [1.29, 1.82) is 0 Å². The SMILES string of the molecule is Cc1ccc([P+](C)(c2ccc(C)cc2)c2ccc(C)cc2)cc1.[Cl][Fe-]([Cl])([Cl])[Cl]. The third-order valence-corrected chi connectivity index (χ3v) is 8.64. The Morgan fingerprint density at radius 3 is 0.857 bits per heavy atom. The van der Waals surface area contributed by atoms with Crippen LogP contribution < -0.4 is 15.9 Å². The van der Waals surface area contributed by atoms with Crippen molar-refractivity contribution in [2.75, 3.05) is 6.66 Å². The molecule has 0 aliphatic heterocycles. The summed E-state index contributed by atoms with van der Waals surface area (Å²) in [4.78, 5) is 0.